The summed E-state index contributed by atoms with van der Waals surface area (Å²) in [6.45, 7) is 5.57. The Morgan fingerprint density at radius 1 is 1.29 bits per heavy atom. The molecule has 0 aliphatic carbocycles. The molecule has 1 aliphatic rings. The molecule has 1 N–H and O–H groups in total. The van der Waals surface area contributed by atoms with Gasteiger partial charge in [-0.3, -0.25) is 15.0 Å². The average Bonchev–Trinajstić information content (AvgIpc) is 3.10. The minimum Gasteiger partial charge on any atom is -0.478 e. The van der Waals surface area contributed by atoms with Gasteiger partial charge in [-0.25, -0.2) is 9.50 Å². The summed E-state index contributed by atoms with van der Waals surface area (Å²) < 4.78 is 12.5. The van der Waals surface area contributed by atoms with Crippen LogP contribution in [0.5, 0.6) is 5.88 Å². The van der Waals surface area contributed by atoms with E-state index in [2.05, 4.69) is 20.4 Å². The minimum atomic E-state index is -0.135. The van der Waals surface area contributed by atoms with E-state index in [4.69, 9.17) is 9.47 Å². The van der Waals surface area contributed by atoms with Gasteiger partial charge in [0.25, 0.3) is 0 Å². The molecule has 146 valence electrons. The molecule has 1 aliphatic heterocycles. The van der Waals surface area contributed by atoms with E-state index in [9.17, 15) is 4.79 Å². The molecule has 0 radical (unpaired) electrons. The van der Waals surface area contributed by atoms with Crippen molar-refractivity contribution in [1.82, 2.24) is 24.5 Å². The van der Waals surface area contributed by atoms with E-state index in [0.29, 0.717) is 37.9 Å². The summed E-state index contributed by atoms with van der Waals surface area (Å²) in [5.41, 5.74) is 2.42. The van der Waals surface area contributed by atoms with Crippen LogP contribution in [0.4, 0.5) is 5.95 Å². The van der Waals surface area contributed by atoms with Crippen LogP contribution in [0.3, 0.4) is 0 Å². The van der Waals surface area contributed by atoms with Crippen molar-refractivity contribution in [3.8, 4) is 17.0 Å². The lowest BCUT2D eigenvalue weighted by molar-refractivity contribution is -0.118. The fraction of sp³-hybridized carbons (Fsp3) is 0.368. The molecule has 4 heterocycles. The van der Waals surface area contributed by atoms with Crippen molar-refractivity contribution in [2.45, 2.75) is 6.92 Å². The number of hydrogen-bond acceptors (Lipinski definition) is 7. The van der Waals surface area contributed by atoms with E-state index in [1.807, 2.05) is 42.3 Å². The first-order valence-corrected chi connectivity index (χ1v) is 9.27. The third-order valence-corrected chi connectivity index (χ3v) is 4.42. The SMILES string of the molecule is CCOc1ncccc1-c1ccc2nc(NC(=O)CN3CCOCC3)nn2c1. The second kappa shape index (κ2) is 8.32. The van der Waals surface area contributed by atoms with Crippen molar-refractivity contribution < 1.29 is 14.3 Å². The first-order chi connectivity index (χ1) is 13.7. The standard InChI is InChI=1S/C19H22N6O3/c1-2-28-18-15(4-3-7-20-18)14-5-6-16-21-19(23-25(16)12-14)22-17(26)13-24-8-10-27-11-9-24/h3-7,12H,2,8-11,13H2,1H3,(H,22,23,26). The number of rotatable bonds is 6. The zero-order chi connectivity index (χ0) is 19.3. The topological polar surface area (TPSA) is 93.9 Å². The molecule has 28 heavy (non-hydrogen) atoms. The minimum absolute atomic E-state index is 0.135. The van der Waals surface area contributed by atoms with Gasteiger partial charge in [-0.1, -0.05) is 0 Å². The van der Waals surface area contributed by atoms with Gasteiger partial charge in [-0.05, 0) is 31.2 Å². The van der Waals surface area contributed by atoms with Crippen LogP contribution in [0.25, 0.3) is 16.8 Å². The smallest absolute Gasteiger partial charge is 0.249 e. The molecule has 1 amide bonds. The number of morpholine rings is 1. The van der Waals surface area contributed by atoms with Gasteiger partial charge in [-0.2, -0.15) is 4.98 Å². The molecule has 0 unspecified atom stereocenters. The molecule has 9 heteroatoms. The van der Waals surface area contributed by atoms with Crippen LogP contribution in [0.1, 0.15) is 6.92 Å². The fourth-order valence-electron chi connectivity index (χ4n) is 3.08. The fourth-order valence-corrected chi connectivity index (χ4v) is 3.08. The van der Waals surface area contributed by atoms with Gasteiger partial charge in [0.15, 0.2) is 5.65 Å². The Balaban J connectivity index is 1.51. The van der Waals surface area contributed by atoms with Gasteiger partial charge in [0.05, 0.1) is 26.4 Å². The lowest BCUT2D eigenvalue weighted by Gasteiger charge is -2.25. The summed E-state index contributed by atoms with van der Waals surface area (Å²) in [6.07, 6.45) is 3.55. The average molecular weight is 382 g/mol. The molecule has 0 atom stereocenters. The summed E-state index contributed by atoms with van der Waals surface area (Å²) >= 11 is 0. The Labute approximate surface area is 162 Å². The predicted octanol–water partition coefficient (Wildman–Crippen LogP) is 1.46. The second-order valence-corrected chi connectivity index (χ2v) is 6.38. The lowest BCUT2D eigenvalue weighted by Crippen LogP contribution is -2.41. The van der Waals surface area contributed by atoms with Crippen molar-refractivity contribution in [1.29, 1.82) is 0 Å². The maximum absolute atomic E-state index is 12.3. The normalized spacial score (nSPS) is 14.9. The largest absolute Gasteiger partial charge is 0.478 e. The van der Waals surface area contributed by atoms with Crippen molar-refractivity contribution in [3.05, 3.63) is 36.7 Å². The number of pyridine rings is 2. The zero-order valence-corrected chi connectivity index (χ0v) is 15.7. The third kappa shape index (κ3) is 4.10. The number of nitrogens with zero attached hydrogens (tertiary/aromatic N) is 5. The molecule has 0 bridgehead atoms. The number of amides is 1. The Morgan fingerprint density at radius 3 is 2.96 bits per heavy atom. The van der Waals surface area contributed by atoms with Gasteiger partial charge < -0.3 is 9.47 Å². The van der Waals surface area contributed by atoms with Crippen LogP contribution in [0.2, 0.25) is 0 Å². The van der Waals surface area contributed by atoms with Crippen LogP contribution < -0.4 is 10.1 Å². The summed E-state index contributed by atoms with van der Waals surface area (Å²) in [7, 11) is 0. The Morgan fingerprint density at radius 2 is 2.14 bits per heavy atom. The van der Waals surface area contributed by atoms with E-state index >= 15 is 0 Å². The highest BCUT2D eigenvalue weighted by atomic mass is 16.5. The number of nitrogens with one attached hydrogen (secondary N) is 1. The van der Waals surface area contributed by atoms with E-state index < -0.39 is 0 Å². The van der Waals surface area contributed by atoms with Crippen LogP contribution in [-0.2, 0) is 9.53 Å². The molecule has 1 fully saturated rings. The molecule has 3 aromatic rings. The molecule has 0 aromatic carbocycles. The number of hydrogen-bond donors (Lipinski definition) is 1. The number of carbonyl (C=O) groups is 1. The quantitative estimate of drug-likeness (QED) is 0.690. The molecule has 1 saturated heterocycles. The van der Waals surface area contributed by atoms with Gasteiger partial charge in [0.2, 0.25) is 17.7 Å². The first kappa shape index (κ1) is 18.3. The van der Waals surface area contributed by atoms with E-state index in [0.717, 1.165) is 24.2 Å². The highest BCUT2D eigenvalue weighted by molar-refractivity contribution is 5.90. The molecular formula is C19H22N6O3. The van der Waals surface area contributed by atoms with Crippen molar-refractivity contribution in [2.75, 3.05) is 44.8 Å². The maximum Gasteiger partial charge on any atom is 0.249 e. The second-order valence-electron chi connectivity index (χ2n) is 6.38. The predicted molar refractivity (Wildman–Crippen MR) is 103 cm³/mol. The van der Waals surface area contributed by atoms with Gasteiger partial charge in [0.1, 0.15) is 0 Å². The first-order valence-electron chi connectivity index (χ1n) is 9.27. The Hall–Kier alpha value is -3.04. The molecule has 0 saturated carbocycles. The summed E-state index contributed by atoms with van der Waals surface area (Å²) in [5.74, 6) is 0.721. The van der Waals surface area contributed by atoms with Crippen molar-refractivity contribution >= 4 is 17.5 Å². The summed E-state index contributed by atoms with van der Waals surface area (Å²) in [6, 6.07) is 7.59. The number of aromatic nitrogens is 4. The van der Waals surface area contributed by atoms with E-state index in [1.54, 1.807) is 10.7 Å². The Bertz CT molecular complexity index is 967. The summed E-state index contributed by atoms with van der Waals surface area (Å²) in [4.78, 5) is 23.0. The molecule has 9 nitrogen and oxygen atoms in total. The van der Waals surface area contributed by atoms with Crippen LogP contribution in [-0.4, -0.2) is 69.8 Å². The van der Waals surface area contributed by atoms with Gasteiger partial charge >= 0.3 is 0 Å². The van der Waals surface area contributed by atoms with Crippen molar-refractivity contribution in [3.63, 3.8) is 0 Å². The number of anilines is 1. The maximum atomic E-state index is 12.3. The number of carbonyl (C=O) groups excluding carboxylic acids is 1. The Kier molecular flexibility index (Phi) is 5.45. The molecule has 3 aromatic heterocycles. The van der Waals surface area contributed by atoms with Crippen LogP contribution in [0, 0.1) is 0 Å². The third-order valence-electron chi connectivity index (χ3n) is 4.42. The highest BCUT2D eigenvalue weighted by Crippen LogP contribution is 2.27. The van der Waals surface area contributed by atoms with E-state index in [-0.39, 0.29) is 11.9 Å². The highest BCUT2D eigenvalue weighted by Gasteiger charge is 2.16. The van der Waals surface area contributed by atoms with Crippen molar-refractivity contribution in [2.24, 2.45) is 0 Å². The van der Waals surface area contributed by atoms with Gasteiger partial charge in [-0.15, -0.1) is 5.10 Å². The van der Waals surface area contributed by atoms with Gasteiger partial charge in [0, 0.05) is 36.6 Å². The molecule has 0 spiro atoms. The van der Waals surface area contributed by atoms with Crippen LogP contribution in [0.15, 0.2) is 36.7 Å². The summed E-state index contributed by atoms with van der Waals surface area (Å²) in [5, 5.41) is 7.14. The van der Waals surface area contributed by atoms with Crippen LogP contribution >= 0.6 is 0 Å². The number of ether oxygens (including phenoxy) is 2. The zero-order valence-electron chi connectivity index (χ0n) is 15.7. The molecular weight excluding hydrogens is 360 g/mol. The van der Waals surface area contributed by atoms with E-state index in [1.165, 1.54) is 0 Å². The lowest BCUT2D eigenvalue weighted by atomic mass is 10.1. The number of fused-ring (bicyclic) bond motifs is 1. The monoisotopic (exact) mass is 382 g/mol. The molecule has 4 rings (SSSR count).